The Morgan fingerprint density at radius 3 is 3.18 bits per heavy atom. The third-order valence-corrected chi connectivity index (χ3v) is 4.66. The highest BCUT2D eigenvalue weighted by Gasteiger charge is 2.27. The van der Waals surface area contributed by atoms with Crippen LogP contribution in [-0.2, 0) is 0 Å². The summed E-state index contributed by atoms with van der Waals surface area (Å²) in [5.74, 6) is 1.18. The molecule has 3 N–H and O–H groups in total. The molecule has 0 radical (unpaired) electrons. The van der Waals surface area contributed by atoms with Crippen LogP contribution in [0.2, 0.25) is 0 Å². The molecular formula is C12H21N3OS. The molecular weight excluding hydrogens is 234 g/mol. The van der Waals surface area contributed by atoms with Crippen molar-refractivity contribution in [1.82, 2.24) is 9.55 Å². The van der Waals surface area contributed by atoms with Gasteiger partial charge in [-0.25, -0.2) is 4.98 Å². The van der Waals surface area contributed by atoms with E-state index >= 15 is 0 Å². The first-order valence-electron chi connectivity index (χ1n) is 6.26. The summed E-state index contributed by atoms with van der Waals surface area (Å²) in [7, 11) is 0. The predicted molar refractivity (Wildman–Crippen MR) is 71.0 cm³/mol. The number of nitrogens with two attached hydrogens (primary N) is 1. The molecule has 96 valence electrons. The van der Waals surface area contributed by atoms with Crippen LogP contribution in [0.25, 0.3) is 0 Å². The van der Waals surface area contributed by atoms with Gasteiger partial charge < -0.3 is 15.4 Å². The third kappa shape index (κ3) is 2.84. The Balaban J connectivity index is 2.06. The van der Waals surface area contributed by atoms with Crippen molar-refractivity contribution in [3.63, 3.8) is 0 Å². The molecule has 3 atom stereocenters. The van der Waals surface area contributed by atoms with E-state index in [1.807, 2.05) is 18.1 Å². The van der Waals surface area contributed by atoms with E-state index in [0.29, 0.717) is 6.04 Å². The fraction of sp³-hybridized carbons (Fsp3) is 0.750. The number of aromatic nitrogens is 2. The van der Waals surface area contributed by atoms with E-state index in [0.717, 1.165) is 10.9 Å². The summed E-state index contributed by atoms with van der Waals surface area (Å²) in [6.07, 6.45) is 7.30. The van der Waals surface area contributed by atoms with Crippen molar-refractivity contribution in [2.24, 2.45) is 5.73 Å². The number of rotatable bonds is 5. The van der Waals surface area contributed by atoms with Crippen LogP contribution < -0.4 is 5.73 Å². The molecule has 0 bridgehead atoms. The molecule has 0 spiro atoms. The lowest BCUT2D eigenvalue weighted by molar-refractivity contribution is 0.261. The molecule has 4 nitrogen and oxygen atoms in total. The lowest BCUT2D eigenvalue weighted by atomic mass is 10.2. The average molecular weight is 255 g/mol. The maximum atomic E-state index is 9.14. The lowest BCUT2D eigenvalue weighted by Gasteiger charge is -2.18. The Morgan fingerprint density at radius 2 is 2.47 bits per heavy atom. The summed E-state index contributed by atoms with van der Waals surface area (Å²) in [6.45, 7) is 2.19. The maximum Gasteiger partial charge on any atom is 0.0951 e. The molecule has 1 aliphatic carbocycles. The highest BCUT2D eigenvalue weighted by atomic mass is 32.2. The molecule has 17 heavy (non-hydrogen) atoms. The molecule has 0 aliphatic heterocycles. The highest BCUT2D eigenvalue weighted by Crippen LogP contribution is 2.37. The van der Waals surface area contributed by atoms with Gasteiger partial charge in [0.15, 0.2) is 0 Å². The molecule has 1 aromatic heterocycles. The van der Waals surface area contributed by atoms with Gasteiger partial charge in [0, 0.05) is 17.5 Å². The van der Waals surface area contributed by atoms with Gasteiger partial charge in [-0.15, -0.1) is 0 Å². The molecule has 1 heterocycles. The molecule has 1 fully saturated rings. The average Bonchev–Trinajstić information content (AvgIpc) is 2.95. The normalized spacial score (nSPS) is 26.3. The van der Waals surface area contributed by atoms with Crippen LogP contribution in [0.3, 0.4) is 0 Å². The minimum atomic E-state index is -0.310. The molecule has 2 rings (SSSR count). The molecule has 5 heteroatoms. The monoisotopic (exact) mass is 255 g/mol. The van der Waals surface area contributed by atoms with Crippen LogP contribution in [0, 0.1) is 0 Å². The summed E-state index contributed by atoms with van der Waals surface area (Å²) < 4.78 is 2.16. The summed E-state index contributed by atoms with van der Waals surface area (Å²) in [5.41, 5.74) is 6.84. The quantitative estimate of drug-likeness (QED) is 0.841. The zero-order valence-corrected chi connectivity index (χ0v) is 11.1. The summed E-state index contributed by atoms with van der Waals surface area (Å²) in [6, 6.07) is 0.199. The summed E-state index contributed by atoms with van der Waals surface area (Å²) >= 11 is 2.05. The van der Waals surface area contributed by atoms with Crippen molar-refractivity contribution < 1.29 is 5.11 Å². The second-order valence-corrected chi connectivity index (χ2v) is 6.14. The maximum absolute atomic E-state index is 9.14. The van der Waals surface area contributed by atoms with E-state index in [1.54, 1.807) is 6.20 Å². The number of hydrogen-bond donors (Lipinski definition) is 2. The third-order valence-electron chi connectivity index (χ3n) is 3.43. The van der Waals surface area contributed by atoms with Gasteiger partial charge >= 0.3 is 0 Å². The zero-order valence-electron chi connectivity index (χ0n) is 10.2. The second kappa shape index (κ2) is 5.89. The predicted octanol–water partition coefficient (Wildman–Crippen LogP) is 1.72. The van der Waals surface area contributed by atoms with E-state index in [4.69, 9.17) is 10.8 Å². The van der Waals surface area contributed by atoms with Crippen LogP contribution in [0.15, 0.2) is 12.5 Å². The van der Waals surface area contributed by atoms with E-state index in [-0.39, 0.29) is 12.6 Å². The van der Waals surface area contributed by atoms with Crippen LogP contribution >= 0.6 is 11.8 Å². The van der Waals surface area contributed by atoms with Gasteiger partial charge in [-0.05, 0) is 25.0 Å². The molecule has 1 saturated carbocycles. The number of nitrogens with zero attached hydrogens (tertiary/aromatic N) is 2. The van der Waals surface area contributed by atoms with Crippen LogP contribution in [0.5, 0.6) is 0 Å². The van der Waals surface area contributed by atoms with Gasteiger partial charge in [0.1, 0.15) is 0 Å². The van der Waals surface area contributed by atoms with Crippen LogP contribution in [0.1, 0.15) is 44.0 Å². The summed E-state index contributed by atoms with van der Waals surface area (Å²) in [5, 5.41) is 9.91. The van der Waals surface area contributed by atoms with Gasteiger partial charge in [0.2, 0.25) is 0 Å². The Bertz CT molecular complexity index is 355. The topological polar surface area (TPSA) is 64.1 Å². The van der Waals surface area contributed by atoms with E-state index < -0.39 is 0 Å². The minimum Gasteiger partial charge on any atom is -0.394 e. The number of thioether (sulfide) groups is 1. The van der Waals surface area contributed by atoms with Crippen LogP contribution in [0.4, 0.5) is 0 Å². The van der Waals surface area contributed by atoms with Crippen molar-refractivity contribution in [3.8, 4) is 0 Å². The largest absolute Gasteiger partial charge is 0.394 e. The lowest BCUT2D eigenvalue weighted by Crippen LogP contribution is -2.20. The van der Waals surface area contributed by atoms with Gasteiger partial charge in [-0.2, -0.15) is 11.8 Å². The smallest absolute Gasteiger partial charge is 0.0951 e. The highest BCUT2D eigenvalue weighted by molar-refractivity contribution is 7.99. The number of hydrogen-bond acceptors (Lipinski definition) is 4. The number of aliphatic hydroxyl groups is 1. The van der Waals surface area contributed by atoms with Crippen molar-refractivity contribution >= 4 is 11.8 Å². The first kappa shape index (κ1) is 12.9. The Labute approximate surface area is 107 Å². The molecule has 0 saturated heterocycles. The zero-order chi connectivity index (χ0) is 12.3. The number of aliphatic hydroxyl groups excluding tert-OH is 1. The van der Waals surface area contributed by atoms with Crippen molar-refractivity contribution in [2.75, 3.05) is 12.4 Å². The van der Waals surface area contributed by atoms with Gasteiger partial charge in [-0.3, -0.25) is 0 Å². The standard InChI is InChI=1S/C12H21N3OS/c1-2-17-10-4-3-9(5-10)15-8-14-6-12(15)11(13)7-16/h6,8-11,16H,2-5,7,13H2,1H3. The van der Waals surface area contributed by atoms with Gasteiger partial charge in [0.25, 0.3) is 0 Å². The van der Waals surface area contributed by atoms with E-state index in [9.17, 15) is 0 Å². The first-order chi connectivity index (χ1) is 8.26. The molecule has 3 unspecified atom stereocenters. The molecule has 0 amide bonds. The first-order valence-corrected chi connectivity index (χ1v) is 7.30. The SMILES string of the molecule is CCSC1CCC(n2cncc2C(N)CO)C1. The van der Waals surface area contributed by atoms with E-state index in [2.05, 4.69) is 16.5 Å². The fourth-order valence-electron chi connectivity index (χ4n) is 2.56. The number of imidazole rings is 1. The molecule has 0 aromatic carbocycles. The second-order valence-electron chi connectivity index (χ2n) is 4.56. The van der Waals surface area contributed by atoms with E-state index in [1.165, 1.54) is 25.0 Å². The van der Waals surface area contributed by atoms with Crippen molar-refractivity contribution in [1.29, 1.82) is 0 Å². The van der Waals surface area contributed by atoms with Gasteiger partial charge in [0.05, 0.1) is 24.7 Å². The Kier molecular flexibility index (Phi) is 4.48. The minimum absolute atomic E-state index is 0.0223. The fourth-order valence-corrected chi connectivity index (χ4v) is 3.69. The van der Waals surface area contributed by atoms with Crippen molar-refractivity contribution in [2.45, 2.75) is 43.5 Å². The Morgan fingerprint density at radius 1 is 1.65 bits per heavy atom. The van der Waals surface area contributed by atoms with Gasteiger partial charge in [-0.1, -0.05) is 6.92 Å². The van der Waals surface area contributed by atoms with Crippen molar-refractivity contribution in [3.05, 3.63) is 18.2 Å². The van der Waals surface area contributed by atoms with Crippen LogP contribution in [-0.4, -0.2) is 32.3 Å². The summed E-state index contributed by atoms with van der Waals surface area (Å²) in [4.78, 5) is 4.17. The Hall–Kier alpha value is -0.520. The molecule has 1 aromatic rings. The molecule has 1 aliphatic rings.